The molecule has 1 fully saturated rings. The third-order valence-corrected chi connectivity index (χ3v) is 3.51. The zero-order valence-electron chi connectivity index (χ0n) is 10.6. The van der Waals surface area contributed by atoms with Gasteiger partial charge in [0.1, 0.15) is 0 Å². The molecule has 15 heavy (non-hydrogen) atoms. The van der Waals surface area contributed by atoms with E-state index in [4.69, 9.17) is 0 Å². The predicted octanol–water partition coefficient (Wildman–Crippen LogP) is 1.17. The smallest absolute Gasteiger partial charge is 0.0526 e. The summed E-state index contributed by atoms with van der Waals surface area (Å²) in [7, 11) is 0. The van der Waals surface area contributed by atoms with Crippen molar-refractivity contribution in [3.63, 3.8) is 0 Å². The van der Waals surface area contributed by atoms with Gasteiger partial charge in [0.25, 0.3) is 0 Å². The Labute approximate surface area is 94.1 Å². The highest BCUT2D eigenvalue weighted by molar-refractivity contribution is 4.81. The van der Waals surface area contributed by atoms with Gasteiger partial charge in [0.15, 0.2) is 0 Å². The number of aliphatic hydroxyl groups excluding tert-OH is 1. The van der Waals surface area contributed by atoms with Crippen LogP contribution in [0.2, 0.25) is 0 Å². The summed E-state index contributed by atoms with van der Waals surface area (Å²) in [5, 5.41) is 9.38. The summed E-state index contributed by atoms with van der Waals surface area (Å²) >= 11 is 0. The second-order valence-electron chi connectivity index (χ2n) is 4.91. The fourth-order valence-corrected chi connectivity index (χ4v) is 2.54. The quantitative estimate of drug-likeness (QED) is 0.761. The van der Waals surface area contributed by atoms with Gasteiger partial charge in [0.05, 0.1) is 6.10 Å². The van der Waals surface area contributed by atoms with Crippen LogP contribution in [0.1, 0.15) is 34.1 Å². The van der Waals surface area contributed by atoms with E-state index in [0.717, 1.165) is 26.1 Å². The second kappa shape index (κ2) is 5.83. The Morgan fingerprint density at radius 2 is 2.00 bits per heavy atom. The molecule has 0 aromatic heterocycles. The third-order valence-electron chi connectivity index (χ3n) is 3.51. The Morgan fingerprint density at radius 1 is 1.33 bits per heavy atom. The molecule has 1 heterocycles. The lowest BCUT2D eigenvalue weighted by Crippen LogP contribution is -2.54. The minimum Gasteiger partial charge on any atom is -0.393 e. The van der Waals surface area contributed by atoms with E-state index in [1.807, 2.05) is 6.92 Å². The van der Waals surface area contributed by atoms with Gasteiger partial charge in [-0.3, -0.25) is 9.80 Å². The predicted molar refractivity (Wildman–Crippen MR) is 64.0 cm³/mol. The van der Waals surface area contributed by atoms with Gasteiger partial charge in [-0.05, 0) is 33.7 Å². The molecule has 0 saturated carbocycles. The first-order valence-corrected chi connectivity index (χ1v) is 6.20. The fourth-order valence-electron chi connectivity index (χ4n) is 2.54. The Morgan fingerprint density at radius 3 is 2.47 bits per heavy atom. The summed E-state index contributed by atoms with van der Waals surface area (Å²) < 4.78 is 0. The summed E-state index contributed by atoms with van der Waals surface area (Å²) in [5.74, 6) is 0. The van der Waals surface area contributed by atoms with Crippen molar-refractivity contribution in [2.24, 2.45) is 0 Å². The molecule has 0 radical (unpaired) electrons. The molecule has 1 saturated heterocycles. The number of aliphatic hydroxyl groups is 1. The molecular formula is C12H26N2O. The second-order valence-corrected chi connectivity index (χ2v) is 4.91. The van der Waals surface area contributed by atoms with Crippen LogP contribution in [0.15, 0.2) is 0 Å². The molecule has 0 bridgehead atoms. The van der Waals surface area contributed by atoms with Gasteiger partial charge in [-0.25, -0.2) is 0 Å². The zero-order valence-corrected chi connectivity index (χ0v) is 10.6. The van der Waals surface area contributed by atoms with Crippen molar-refractivity contribution in [3.8, 4) is 0 Å². The van der Waals surface area contributed by atoms with E-state index in [0.29, 0.717) is 12.1 Å². The van der Waals surface area contributed by atoms with E-state index in [2.05, 4.69) is 30.6 Å². The highest BCUT2D eigenvalue weighted by Gasteiger charge is 2.25. The van der Waals surface area contributed by atoms with Crippen LogP contribution in [0.5, 0.6) is 0 Å². The van der Waals surface area contributed by atoms with Gasteiger partial charge in [-0.1, -0.05) is 6.92 Å². The molecule has 0 aliphatic carbocycles. The van der Waals surface area contributed by atoms with Crippen LogP contribution in [-0.4, -0.2) is 59.3 Å². The van der Waals surface area contributed by atoms with E-state index >= 15 is 0 Å². The van der Waals surface area contributed by atoms with Crippen LogP contribution in [0.4, 0.5) is 0 Å². The first-order chi connectivity index (χ1) is 7.04. The summed E-state index contributed by atoms with van der Waals surface area (Å²) in [4.78, 5) is 5.02. The first kappa shape index (κ1) is 12.9. The monoisotopic (exact) mass is 214 g/mol. The van der Waals surface area contributed by atoms with E-state index in [1.165, 1.54) is 6.54 Å². The van der Waals surface area contributed by atoms with Crippen LogP contribution in [0.25, 0.3) is 0 Å². The Balaban J connectivity index is 2.39. The average Bonchev–Trinajstić information content (AvgIpc) is 2.16. The van der Waals surface area contributed by atoms with Crippen LogP contribution < -0.4 is 0 Å². The Kier molecular flexibility index (Phi) is 5.03. The van der Waals surface area contributed by atoms with Gasteiger partial charge in [0, 0.05) is 31.7 Å². The molecule has 3 unspecified atom stereocenters. The lowest BCUT2D eigenvalue weighted by molar-refractivity contribution is 0.0451. The number of hydrogen-bond acceptors (Lipinski definition) is 3. The molecule has 0 aromatic carbocycles. The summed E-state index contributed by atoms with van der Waals surface area (Å²) in [5.41, 5.74) is 0. The SMILES string of the molecule is CCN1CCN(C(C)CC(C)O)CC1C. The molecular weight excluding hydrogens is 188 g/mol. The molecule has 0 aromatic rings. The van der Waals surface area contributed by atoms with Crippen molar-refractivity contribution in [1.82, 2.24) is 9.80 Å². The molecule has 1 aliphatic heterocycles. The van der Waals surface area contributed by atoms with Crippen molar-refractivity contribution in [2.45, 2.75) is 52.3 Å². The molecule has 1 N–H and O–H groups in total. The van der Waals surface area contributed by atoms with Gasteiger partial charge in [-0.15, -0.1) is 0 Å². The molecule has 1 aliphatic rings. The fraction of sp³-hybridized carbons (Fsp3) is 1.00. The van der Waals surface area contributed by atoms with Crippen molar-refractivity contribution < 1.29 is 5.11 Å². The van der Waals surface area contributed by atoms with Gasteiger partial charge < -0.3 is 5.11 Å². The number of hydrogen-bond donors (Lipinski definition) is 1. The highest BCUT2D eigenvalue weighted by Crippen LogP contribution is 2.14. The molecule has 0 amide bonds. The van der Waals surface area contributed by atoms with E-state index < -0.39 is 0 Å². The normalized spacial score (nSPS) is 29.0. The average molecular weight is 214 g/mol. The van der Waals surface area contributed by atoms with Crippen molar-refractivity contribution in [1.29, 1.82) is 0 Å². The molecule has 1 rings (SSSR count). The topological polar surface area (TPSA) is 26.7 Å². The van der Waals surface area contributed by atoms with Crippen molar-refractivity contribution in [2.75, 3.05) is 26.2 Å². The molecule has 3 heteroatoms. The first-order valence-electron chi connectivity index (χ1n) is 6.20. The largest absolute Gasteiger partial charge is 0.393 e. The number of piperazine rings is 1. The van der Waals surface area contributed by atoms with Gasteiger partial charge >= 0.3 is 0 Å². The minimum absolute atomic E-state index is 0.181. The Hall–Kier alpha value is -0.120. The number of likely N-dealkylation sites (N-methyl/N-ethyl adjacent to an activating group) is 1. The molecule has 3 nitrogen and oxygen atoms in total. The van der Waals surface area contributed by atoms with Gasteiger partial charge in [-0.2, -0.15) is 0 Å². The van der Waals surface area contributed by atoms with E-state index in [9.17, 15) is 5.11 Å². The van der Waals surface area contributed by atoms with Crippen LogP contribution >= 0.6 is 0 Å². The van der Waals surface area contributed by atoms with Crippen LogP contribution in [0, 0.1) is 0 Å². The third kappa shape index (κ3) is 3.74. The standard InChI is InChI=1S/C12H26N2O/c1-5-13-6-7-14(9-11(13)3)10(2)8-12(4)15/h10-12,15H,5-9H2,1-4H3. The van der Waals surface area contributed by atoms with E-state index in [1.54, 1.807) is 0 Å². The number of nitrogens with zero attached hydrogens (tertiary/aromatic N) is 2. The van der Waals surface area contributed by atoms with Crippen LogP contribution in [-0.2, 0) is 0 Å². The van der Waals surface area contributed by atoms with Gasteiger partial charge in [0.2, 0.25) is 0 Å². The summed E-state index contributed by atoms with van der Waals surface area (Å²) in [6, 6.07) is 1.16. The lowest BCUT2D eigenvalue weighted by Gasteiger charge is -2.42. The molecule has 3 atom stereocenters. The molecule has 0 spiro atoms. The van der Waals surface area contributed by atoms with Crippen molar-refractivity contribution in [3.05, 3.63) is 0 Å². The lowest BCUT2D eigenvalue weighted by atomic mass is 10.1. The molecule has 90 valence electrons. The summed E-state index contributed by atoms with van der Waals surface area (Å²) in [6.07, 6.45) is 0.707. The van der Waals surface area contributed by atoms with E-state index in [-0.39, 0.29) is 6.10 Å². The van der Waals surface area contributed by atoms with Crippen molar-refractivity contribution >= 4 is 0 Å². The maximum absolute atomic E-state index is 9.38. The summed E-state index contributed by atoms with van der Waals surface area (Å²) in [6.45, 7) is 13.2. The number of rotatable bonds is 4. The minimum atomic E-state index is -0.181. The maximum atomic E-state index is 9.38. The highest BCUT2D eigenvalue weighted by atomic mass is 16.3. The maximum Gasteiger partial charge on any atom is 0.0526 e. The van der Waals surface area contributed by atoms with Crippen LogP contribution in [0.3, 0.4) is 0 Å². The Bertz CT molecular complexity index is 184. The zero-order chi connectivity index (χ0) is 11.4.